The van der Waals surface area contributed by atoms with Crippen molar-refractivity contribution in [3.8, 4) is 11.4 Å². The summed E-state index contributed by atoms with van der Waals surface area (Å²) < 4.78 is 1.59. The van der Waals surface area contributed by atoms with Crippen LogP contribution < -0.4 is 11.4 Å². The number of hydrogen-bond acceptors (Lipinski definition) is 3. The van der Waals surface area contributed by atoms with Crippen molar-refractivity contribution < 1.29 is 0 Å². The number of nitrogens with two attached hydrogens (primary N) is 1. The Kier molecular flexibility index (Phi) is 6.03. The van der Waals surface area contributed by atoms with Gasteiger partial charge < -0.3 is 5.73 Å². The highest BCUT2D eigenvalue weighted by Crippen LogP contribution is 2.14. The molecule has 0 aromatic heterocycles. The van der Waals surface area contributed by atoms with Gasteiger partial charge in [0, 0.05) is 13.1 Å². The van der Waals surface area contributed by atoms with Crippen LogP contribution in [0.15, 0.2) is 35.1 Å². The number of fused-ring (bicyclic) bond motifs is 1. The second kappa shape index (κ2) is 6.48. The van der Waals surface area contributed by atoms with Crippen molar-refractivity contribution in [2.45, 2.75) is 6.54 Å². The highest BCUT2D eigenvalue weighted by atomic mass is 35.5. The molecule has 0 radical (unpaired) electrons. The Morgan fingerprint density at radius 2 is 1.88 bits per heavy atom. The molecule has 0 saturated heterocycles. The first-order valence-corrected chi connectivity index (χ1v) is 4.48. The van der Waals surface area contributed by atoms with E-state index in [1.54, 1.807) is 4.57 Å². The molecule has 2 rings (SSSR count). The maximum absolute atomic E-state index is 11.4. The molecule has 16 heavy (non-hydrogen) atoms. The zero-order valence-corrected chi connectivity index (χ0v) is 10.1. The van der Waals surface area contributed by atoms with Crippen molar-refractivity contribution in [1.82, 2.24) is 9.55 Å². The first kappa shape index (κ1) is 14.9. The molecule has 0 aromatic rings. The lowest BCUT2D eigenvalue weighted by Crippen LogP contribution is -2.21. The minimum absolute atomic E-state index is 0. The molecule has 4 nitrogen and oxygen atoms in total. The smallest absolute Gasteiger partial charge is 0.329 e. The molecule has 0 spiro atoms. The maximum atomic E-state index is 11.4. The van der Waals surface area contributed by atoms with E-state index in [0.717, 1.165) is 5.69 Å². The number of imidazole rings is 1. The molecule has 0 amide bonds. The van der Waals surface area contributed by atoms with Gasteiger partial charge in [0.15, 0.2) is 0 Å². The van der Waals surface area contributed by atoms with Crippen molar-refractivity contribution in [3.63, 3.8) is 0 Å². The number of rotatable bonds is 2. The SMILES string of the molecule is Cl.Cl.NCCn1c2cccccc-2nc1=O. The van der Waals surface area contributed by atoms with Crippen molar-refractivity contribution >= 4 is 24.8 Å². The number of hydrogen-bond donors (Lipinski definition) is 1. The molecule has 88 valence electrons. The van der Waals surface area contributed by atoms with Crippen LogP contribution >= 0.6 is 24.8 Å². The van der Waals surface area contributed by atoms with E-state index >= 15 is 0 Å². The Morgan fingerprint density at radius 3 is 2.56 bits per heavy atom. The molecule has 0 fully saturated rings. The Hall–Kier alpha value is -1.10. The molecule has 2 N–H and O–H groups in total. The Bertz CT molecular complexity index is 472. The van der Waals surface area contributed by atoms with Crippen LogP contribution in [0.25, 0.3) is 11.4 Å². The van der Waals surface area contributed by atoms with Crippen LogP contribution in [-0.2, 0) is 6.54 Å². The predicted octanol–water partition coefficient (Wildman–Crippen LogP) is 1.15. The molecule has 1 heterocycles. The van der Waals surface area contributed by atoms with Gasteiger partial charge in [-0.25, -0.2) is 4.79 Å². The minimum atomic E-state index is -0.225. The predicted molar refractivity (Wildman–Crippen MR) is 68.7 cm³/mol. The first-order valence-electron chi connectivity index (χ1n) is 4.48. The standard InChI is InChI=1S/C10H11N3O.2ClH/c11-6-7-13-9-5-3-1-2-4-8(9)12-10(13)14;;/h1-5H,6-7,11H2;2*1H. The summed E-state index contributed by atoms with van der Waals surface area (Å²) in [5, 5.41) is 0. The molecule has 0 bridgehead atoms. The van der Waals surface area contributed by atoms with E-state index in [-0.39, 0.29) is 30.5 Å². The van der Waals surface area contributed by atoms with E-state index < -0.39 is 0 Å². The molecule has 1 aliphatic carbocycles. The highest BCUT2D eigenvalue weighted by Gasteiger charge is 2.10. The lowest BCUT2D eigenvalue weighted by atomic mass is 10.3. The monoisotopic (exact) mass is 261 g/mol. The Morgan fingerprint density at radius 1 is 1.19 bits per heavy atom. The fraction of sp³-hybridized carbons (Fsp3) is 0.200. The Balaban J connectivity index is 0.00000112. The molecule has 0 atom stereocenters. The van der Waals surface area contributed by atoms with Gasteiger partial charge in [0.05, 0.1) is 11.4 Å². The van der Waals surface area contributed by atoms with Gasteiger partial charge in [0.2, 0.25) is 0 Å². The largest absolute Gasteiger partial charge is 0.348 e. The normalized spacial score (nSPS) is 9.31. The molecule has 2 aliphatic rings. The van der Waals surface area contributed by atoms with E-state index in [9.17, 15) is 4.79 Å². The van der Waals surface area contributed by atoms with Crippen LogP contribution in [0, 0.1) is 0 Å². The van der Waals surface area contributed by atoms with Crippen molar-refractivity contribution in [2.24, 2.45) is 5.73 Å². The summed E-state index contributed by atoms with van der Waals surface area (Å²) in [6.45, 7) is 0.957. The van der Waals surface area contributed by atoms with Crippen LogP contribution in [0.3, 0.4) is 0 Å². The Labute approximate surface area is 106 Å². The number of halogens is 2. The average molecular weight is 262 g/mol. The zero-order chi connectivity index (χ0) is 9.97. The van der Waals surface area contributed by atoms with Gasteiger partial charge in [0.25, 0.3) is 0 Å². The third-order valence-electron chi connectivity index (χ3n) is 2.08. The summed E-state index contributed by atoms with van der Waals surface area (Å²) in [4.78, 5) is 15.4. The van der Waals surface area contributed by atoms with Gasteiger partial charge in [0.1, 0.15) is 0 Å². The van der Waals surface area contributed by atoms with Gasteiger partial charge in [-0.05, 0) is 12.1 Å². The molecule has 0 unspecified atom stereocenters. The second-order valence-corrected chi connectivity index (χ2v) is 3.02. The van der Waals surface area contributed by atoms with E-state index in [1.165, 1.54) is 0 Å². The van der Waals surface area contributed by atoms with Crippen molar-refractivity contribution in [2.75, 3.05) is 6.54 Å². The molecule has 0 aromatic carbocycles. The van der Waals surface area contributed by atoms with Crippen LogP contribution in [0.5, 0.6) is 0 Å². The summed E-state index contributed by atoms with van der Waals surface area (Å²) in [6, 6.07) is 9.35. The molecule has 0 saturated carbocycles. The van der Waals surface area contributed by atoms with E-state index in [4.69, 9.17) is 5.73 Å². The van der Waals surface area contributed by atoms with Crippen molar-refractivity contribution in [1.29, 1.82) is 0 Å². The van der Waals surface area contributed by atoms with Gasteiger partial charge in [-0.2, -0.15) is 4.98 Å². The quantitative estimate of drug-likeness (QED) is 0.883. The van der Waals surface area contributed by atoms with Crippen LogP contribution in [0.2, 0.25) is 0 Å². The zero-order valence-electron chi connectivity index (χ0n) is 8.50. The summed E-state index contributed by atoms with van der Waals surface area (Å²) in [6.07, 6.45) is 0. The fourth-order valence-corrected chi connectivity index (χ4v) is 1.46. The van der Waals surface area contributed by atoms with Crippen LogP contribution in [0.4, 0.5) is 0 Å². The third kappa shape index (κ3) is 2.72. The van der Waals surface area contributed by atoms with Crippen molar-refractivity contribution in [3.05, 3.63) is 40.8 Å². The average Bonchev–Trinajstić information content (AvgIpc) is 2.39. The number of aromatic nitrogens is 2. The second-order valence-electron chi connectivity index (χ2n) is 3.02. The first-order chi connectivity index (χ1) is 6.83. The lowest BCUT2D eigenvalue weighted by molar-refractivity contribution is 0.691. The summed E-state index contributed by atoms with van der Waals surface area (Å²) >= 11 is 0. The molecule has 6 heteroatoms. The van der Waals surface area contributed by atoms with Gasteiger partial charge in [-0.15, -0.1) is 24.8 Å². The summed E-state index contributed by atoms with van der Waals surface area (Å²) in [5.74, 6) is 0. The van der Waals surface area contributed by atoms with E-state index in [1.807, 2.05) is 30.3 Å². The van der Waals surface area contributed by atoms with Crippen LogP contribution in [0.1, 0.15) is 0 Å². The summed E-state index contributed by atoms with van der Waals surface area (Å²) in [7, 11) is 0. The molecular formula is C10H13Cl2N3O. The topological polar surface area (TPSA) is 60.9 Å². The van der Waals surface area contributed by atoms with E-state index in [2.05, 4.69) is 4.98 Å². The van der Waals surface area contributed by atoms with Gasteiger partial charge in [-0.1, -0.05) is 18.2 Å². The number of nitrogens with zero attached hydrogens (tertiary/aromatic N) is 2. The van der Waals surface area contributed by atoms with Gasteiger partial charge >= 0.3 is 5.69 Å². The highest BCUT2D eigenvalue weighted by molar-refractivity contribution is 5.85. The van der Waals surface area contributed by atoms with E-state index in [0.29, 0.717) is 18.8 Å². The molecular weight excluding hydrogens is 249 g/mol. The third-order valence-corrected chi connectivity index (χ3v) is 2.08. The minimum Gasteiger partial charge on any atom is -0.329 e. The van der Waals surface area contributed by atoms with Gasteiger partial charge in [-0.3, -0.25) is 4.57 Å². The van der Waals surface area contributed by atoms with Crippen LogP contribution in [-0.4, -0.2) is 16.1 Å². The summed E-state index contributed by atoms with van der Waals surface area (Å²) in [5.41, 5.74) is 6.75. The molecule has 1 aliphatic heterocycles. The fourth-order valence-electron chi connectivity index (χ4n) is 1.46. The maximum Gasteiger partial charge on any atom is 0.348 e. The lowest BCUT2D eigenvalue weighted by Gasteiger charge is -2.00.